The predicted molar refractivity (Wildman–Crippen MR) is 142 cm³/mol. The minimum Gasteiger partial charge on any atom is -0.494 e. The smallest absolute Gasteiger partial charge is 0.343 e. The first-order chi connectivity index (χ1) is 17.9. The highest BCUT2D eigenvalue weighted by Crippen LogP contribution is 2.23. The molecule has 3 rings (SSSR count). The summed E-state index contributed by atoms with van der Waals surface area (Å²) < 4.78 is 17.0. The van der Waals surface area contributed by atoms with Crippen LogP contribution >= 0.6 is 15.9 Å². The monoisotopic (exact) mass is 567 g/mol. The number of hydrazone groups is 1. The molecule has 0 spiro atoms. The second-order valence-electron chi connectivity index (χ2n) is 7.46. The van der Waals surface area contributed by atoms with Crippen LogP contribution in [-0.2, 0) is 4.79 Å². The van der Waals surface area contributed by atoms with Gasteiger partial charge in [-0.1, -0.05) is 15.9 Å². The summed E-state index contributed by atoms with van der Waals surface area (Å²) in [5.41, 5.74) is 3.54. The van der Waals surface area contributed by atoms with Gasteiger partial charge in [-0.2, -0.15) is 5.10 Å². The Labute approximate surface area is 222 Å². The number of hydrogen-bond donors (Lipinski definition) is 2. The van der Waals surface area contributed by atoms with Crippen LogP contribution in [0.2, 0.25) is 0 Å². The average Bonchev–Trinajstić information content (AvgIpc) is 2.90. The van der Waals surface area contributed by atoms with Crippen LogP contribution in [0.1, 0.15) is 40.1 Å². The second-order valence-corrected chi connectivity index (χ2v) is 8.38. The van der Waals surface area contributed by atoms with E-state index in [1.807, 2.05) is 13.8 Å². The van der Waals surface area contributed by atoms with E-state index >= 15 is 0 Å². The molecule has 2 N–H and O–H groups in total. The molecule has 3 aromatic rings. The summed E-state index contributed by atoms with van der Waals surface area (Å²) in [7, 11) is 0. The summed E-state index contributed by atoms with van der Waals surface area (Å²) in [5, 5.41) is 6.44. The quantitative estimate of drug-likeness (QED) is 0.154. The molecular formula is C27H26BrN3O6. The maximum absolute atomic E-state index is 12.6. The van der Waals surface area contributed by atoms with Gasteiger partial charge in [-0.15, -0.1) is 0 Å². The van der Waals surface area contributed by atoms with Gasteiger partial charge in [0.2, 0.25) is 0 Å². The number of nitrogens with one attached hydrogen (secondary N) is 2. The number of carbonyl (C=O) groups is 3. The van der Waals surface area contributed by atoms with Gasteiger partial charge in [0.25, 0.3) is 11.8 Å². The first-order valence-corrected chi connectivity index (χ1v) is 12.3. The third kappa shape index (κ3) is 8.46. The molecule has 0 aliphatic heterocycles. The molecule has 10 heteroatoms. The van der Waals surface area contributed by atoms with Crippen molar-refractivity contribution >= 4 is 39.9 Å². The van der Waals surface area contributed by atoms with E-state index in [0.717, 1.165) is 4.47 Å². The van der Waals surface area contributed by atoms with Crippen LogP contribution in [0.15, 0.2) is 76.3 Å². The molecule has 0 unspecified atom stereocenters. The van der Waals surface area contributed by atoms with E-state index in [4.69, 9.17) is 14.2 Å². The molecular weight excluding hydrogens is 542 g/mol. The lowest BCUT2D eigenvalue weighted by atomic mass is 10.2. The van der Waals surface area contributed by atoms with Crippen molar-refractivity contribution in [2.45, 2.75) is 13.8 Å². The molecule has 9 nitrogen and oxygen atoms in total. The highest BCUT2D eigenvalue weighted by molar-refractivity contribution is 9.10. The summed E-state index contributed by atoms with van der Waals surface area (Å²) in [4.78, 5) is 37.0. The number of ether oxygens (including phenoxy) is 3. The number of halogens is 1. The van der Waals surface area contributed by atoms with Crippen LogP contribution in [0, 0.1) is 0 Å². The molecule has 0 atom stereocenters. The highest BCUT2D eigenvalue weighted by atomic mass is 79.9. The lowest BCUT2D eigenvalue weighted by Crippen LogP contribution is -2.34. The molecule has 0 aliphatic rings. The Bertz CT molecular complexity index is 1260. The van der Waals surface area contributed by atoms with Crippen LogP contribution in [-0.4, -0.2) is 43.8 Å². The van der Waals surface area contributed by atoms with E-state index < -0.39 is 17.8 Å². The van der Waals surface area contributed by atoms with Crippen molar-refractivity contribution < 1.29 is 28.6 Å². The summed E-state index contributed by atoms with van der Waals surface area (Å²) >= 11 is 3.37. The van der Waals surface area contributed by atoms with Crippen molar-refractivity contribution in [2.75, 3.05) is 19.8 Å². The van der Waals surface area contributed by atoms with Gasteiger partial charge in [-0.25, -0.2) is 10.2 Å². The summed E-state index contributed by atoms with van der Waals surface area (Å²) in [6.45, 7) is 4.52. The normalized spacial score (nSPS) is 10.6. The fraction of sp³-hybridized carbons (Fsp3) is 0.185. The summed E-state index contributed by atoms with van der Waals surface area (Å²) in [5.74, 6) is 0.0752. The second kappa shape index (κ2) is 13.8. The van der Waals surface area contributed by atoms with Crippen LogP contribution < -0.4 is 25.0 Å². The minimum atomic E-state index is -0.555. The van der Waals surface area contributed by atoms with Crippen molar-refractivity contribution in [1.29, 1.82) is 0 Å². The zero-order valence-electron chi connectivity index (χ0n) is 20.3. The molecule has 0 saturated carbocycles. The van der Waals surface area contributed by atoms with E-state index in [1.165, 1.54) is 6.21 Å². The van der Waals surface area contributed by atoms with Crippen LogP contribution in [0.25, 0.3) is 0 Å². The number of benzene rings is 3. The zero-order valence-corrected chi connectivity index (χ0v) is 21.9. The van der Waals surface area contributed by atoms with Crippen molar-refractivity contribution in [3.8, 4) is 17.2 Å². The Hall–Kier alpha value is -4.18. The topological polar surface area (TPSA) is 115 Å². The Morgan fingerprint density at radius 3 is 2.05 bits per heavy atom. The maximum atomic E-state index is 12.6. The minimum absolute atomic E-state index is 0.254. The molecule has 0 heterocycles. The van der Waals surface area contributed by atoms with Crippen LogP contribution in [0.4, 0.5) is 0 Å². The molecule has 3 aromatic carbocycles. The molecule has 37 heavy (non-hydrogen) atoms. The Morgan fingerprint density at radius 2 is 1.46 bits per heavy atom. The van der Waals surface area contributed by atoms with E-state index in [0.29, 0.717) is 41.4 Å². The first-order valence-electron chi connectivity index (χ1n) is 11.5. The largest absolute Gasteiger partial charge is 0.494 e. The van der Waals surface area contributed by atoms with Crippen LogP contribution in [0.3, 0.4) is 0 Å². The number of rotatable bonds is 11. The number of carbonyl (C=O) groups excluding carboxylic acids is 3. The Morgan fingerprint density at radius 1 is 0.865 bits per heavy atom. The number of amides is 2. The van der Waals surface area contributed by atoms with E-state index in [9.17, 15) is 14.4 Å². The third-order valence-electron chi connectivity index (χ3n) is 4.81. The van der Waals surface area contributed by atoms with Crippen molar-refractivity contribution in [3.63, 3.8) is 0 Å². The lowest BCUT2D eigenvalue weighted by molar-refractivity contribution is -0.120. The molecule has 0 bridgehead atoms. The van der Waals surface area contributed by atoms with Gasteiger partial charge < -0.3 is 19.5 Å². The molecule has 0 aliphatic carbocycles. The fourth-order valence-corrected chi connectivity index (χ4v) is 3.45. The van der Waals surface area contributed by atoms with Crippen molar-refractivity contribution in [1.82, 2.24) is 10.7 Å². The van der Waals surface area contributed by atoms with E-state index in [1.54, 1.807) is 66.7 Å². The molecule has 0 radical (unpaired) electrons. The Kier molecular flexibility index (Phi) is 10.2. The van der Waals surface area contributed by atoms with E-state index in [2.05, 4.69) is 31.8 Å². The maximum Gasteiger partial charge on any atom is 0.343 e. The van der Waals surface area contributed by atoms with Gasteiger partial charge in [0.05, 0.1) is 31.5 Å². The number of esters is 1. The first kappa shape index (κ1) is 27.4. The molecule has 0 fully saturated rings. The summed E-state index contributed by atoms with van der Waals surface area (Å²) in [6, 6.07) is 18.2. The molecule has 2 amide bonds. The molecule has 0 saturated heterocycles. The fourth-order valence-electron chi connectivity index (χ4n) is 3.07. The van der Waals surface area contributed by atoms with Crippen molar-refractivity contribution in [3.05, 3.63) is 87.9 Å². The van der Waals surface area contributed by atoms with Gasteiger partial charge in [0, 0.05) is 15.6 Å². The van der Waals surface area contributed by atoms with Gasteiger partial charge in [-0.3, -0.25) is 9.59 Å². The van der Waals surface area contributed by atoms with Crippen LogP contribution in [0.5, 0.6) is 17.2 Å². The highest BCUT2D eigenvalue weighted by Gasteiger charge is 2.12. The van der Waals surface area contributed by atoms with Gasteiger partial charge in [0.15, 0.2) is 0 Å². The summed E-state index contributed by atoms with van der Waals surface area (Å²) in [6.07, 6.45) is 1.34. The molecule has 0 aromatic heterocycles. The SMILES string of the molecule is CCOc1ccc(C(=O)NCC(=O)N/N=C/c2cc(Br)ccc2OC(=O)c2ccc(OCC)cc2)cc1. The molecule has 192 valence electrons. The van der Waals surface area contributed by atoms with Gasteiger partial charge >= 0.3 is 5.97 Å². The van der Waals surface area contributed by atoms with E-state index in [-0.39, 0.29) is 12.3 Å². The Balaban J connectivity index is 1.55. The third-order valence-corrected chi connectivity index (χ3v) is 5.30. The number of nitrogens with zero attached hydrogens (tertiary/aromatic N) is 1. The lowest BCUT2D eigenvalue weighted by Gasteiger charge is -2.09. The van der Waals surface area contributed by atoms with Gasteiger partial charge in [0.1, 0.15) is 17.2 Å². The predicted octanol–water partition coefficient (Wildman–Crippen LogP) is 4.35. The van der Waals surface area contributed by atoms with Gasteiger partial charge in [-0.05, 0) is 80.6 Å². The standard InChI is InChI=1S/C27H26BrN3O6/c1-3-35-22-10-5-18(6-11-22)26(33)29-17-25(32)31-30-16-20-15-21(28)9-14-24(20)37-27(34)19-7-12-23(13-8-19)36-4-2/h5-16H,3-4,17H2,1-2H3,(H,29,33)(H,31,32)/b30-16+. The average molecular weight is 568 g/mol. The zero-order chi connectivity index (χ0) is 26.6. The number of hydrogen-bond acceptors (Lipinski definition) is 7. The van der Waals surface area contributed by atoms with Crippen molar-refractivity contribution in [2.24, 2.45) is 5.10 Å².